The summed E-state index contributed by atoms with van der Waals surface area (Å²) in [5.41, 5.74) is 7.73. The molecule has 0 rings (SSSR count). The molecule has 1 unspecified atom stereocenters. The van der Waals surface area contributed by atoms with E-state index in [9.17, 15) is 4.79 Å². The first-order chi connectivity index (χ1) is 5.52. The Labute approximate surface area is 73.4 Å². The second-order valence-electron chi connectivity index (χ2n) is 3.41. The minimum Gasteiger partial charge on any atom is -0.327 e. The predicted octanol–water partition coefficient (Wildman–Crippen LogP) is 0.427. The van der Waals surface area contributed by atoms with Crippen LogP contribution in [-0.2, 0) is 9.63 Å². The summed E-state index contributed by atoms with van der Waals surface area (Å²) in [6.07, 6.45) is 0.304. The summed E-state index contributed by atoms with van der Waals surface area (Å²) < 4.78 is 0. The third kappa shape index (κ3) is 7.50. The highest BCUT2D eigenvalue weighted by atomic mass is 16.6. The van der Waals surface area contributed by atoms with Gasteiger partial charge < -0.3 is 5.73 Å². The van der Waals surface area contributed by atoms with Crippen LogP contribution >= 0.6 is 0 Å². The second-order valence-corrected chi connectivity index (χ2v) is 3.41. The van der Waals surface area contributed by atoms with E-state index >= 15 is 0 Å². The van der Waals surface area contributed by atoms with Gasteiger partial charge in [-0.1, -0.05) is 13.8 Å². The lowest BCUT2D eigenvalue weighted by Gasteiger charge is -2.08. The van der Waals surface area contributed by atoms with Crippen molar-refractivity contribution in [2.24, 2.45) is 11.7 Å². The van der Waals surface area contributed by atoms with Crippen LogP contribution in [0.5, 0.6) is 0 Å². The lowest BCUT2D eigenvalue weighted by Crippen LogP contribution is -2.30. The predicted molar refractivity (Wildman–Crippen MR) is 47.2 cm³/mol. The summed E-state index contributed by atoms with van der Waals surface area (Å²) in [5.74, 6) is 0.256. The third-order valence-corrected chi connectivity index (χ3v) is 1.11. The molecule has 0 spiro atoms. The lowest BCUT2D eigenvalue weighted by molar-refractivity contribution is -0.134. The molecular weight excluding hydrogens is 156 g/mol. The number of hydrogen-bond donors (Lipinski definition) is 2. The summed E-state index contributed by atoms with van der Waals surface area (Å²) in [5, 5.41) is 0. The van der Waals surface area contributed by atoms with Crippen molar-refractivity contribution >= 4 is 5.91 Å². The summed E-state index contributed by atoms with van der Waals surface area (Å²) in [6.45, 7) is 6.34. The monoisotopic (exact) mass is 174 g/mol. The molecule has 0 aliphatic rings. The largest absolute Gasteiger partial charge is 0.327 e. The molecule has 0 aromatic rings. The van der Waals surface area contributed by atoms with E-state index in [1.807, 2.05) is 13.8 Å². The standard InChI is InChI=1S/C8H18N2O2/c1-6(2)5-12-10-8(11)4-7(3)9/h6-7H,4-5,9H2,1-3H3,(H,10,11). The average molecular weight is 174 g/mol. The van der Waals surface area contributed by atoms with E-state index in [0.717, 1.165) is 0 Å². The maximum Gasteiger partial charge on any atom is 0.245 e. The maximum absolute atomic E-state index is 10.9. The fourth-order valence-electron chi connectivity index (χ4n) is 0.623. The Morgan fingerprint density at radius 3 is 2.50 bits per heavy atom. The van der Waals surface area contributed by atoms with Crippen LogP contribution < -0.4 is 11.2 Å². The number of rotatable bonds is 5. The highest BCUT2D eigenvalue weighted by Crippen LogP contribution is 1.91. The Morgan fingerprint density at radius 2 is 2.08 bits per heavy atom. The van der Waals surface area contributed by atoms with Gasteiger partial charge in [0.25, 0.3) is 0 Å². The molecule has 4 heteroatoms. The van der Waals surface area contributed by atoms with Gasteiger partial charge in [-0.15, -0.1) is 0 Å². The Balaban J connectivity index is 3.32. The molecule has 0 bridgehead atoms. The molecule has 0 fully saturated rings. The second kappa shape index (κ2) is 5.97. The number of hydroxylamine groups is 1. The van der Waals surface area contributed by atoms with Crippen LogP contribution in [-0.4, -0.2) is 18.6 Å². The van der Waals surface area contributed by atoms with Gasteiger partial charge in [-0.3, -0.25) is 9.63 Å². The number of nitrogens with two attached hydrogens (primary N) is 1. The Morgan fingerprint density at radius 1 is 1.50 bits per heavy atom. The minimum absolute atomic E-state index is 0.118. The van der Waals surface area contributed by atoms with Crippen LogP contribution in [0.4, 0.5) is 0 Å². The number of hydrogen-bond acceptors (Lipinski definition) is 3. The van der Waals surface area contributed by atoms with Crippen LogP contribution in [0.15, 0.2) is 0 Å². The van der Waals surface area contributed by atoms with Crippen molar-refractivity contribution in [3.63, 3.8) is 0 Å². The first kappa shape index (κ1) is 11.4. The van der Waals surface area contributed by atoms with E-state index in [-0.39, 0.29) is 11.9 Å². The van der Waals surface area contributed by atoms with E-state index in [4.69, 9.17) is 10.6 Å². The van der Waals surface area contributed by atoms with Crippen molar-refractivity contribution in [3.8, 4) is 0 Å². The minimum atomic E-state index is -0.161. The molecule has 0 saturated heterocycles. The number of nitrogens with one attached hydrogen (secondary N) is 1. The van der Waals surface area contributed by atoms with Crippen molar-refractivity contribution in [2.45, 2.75) is 33.2 Å². The molecule has 0 heterocycles. The van der Waals surface area contributed by atoms with E-state index in [2.05, 4.69) is 5.48 Å². The highest BCUT2D eigenvalue weighted by Gasteiger charge is 2.04. The number of carbonyl (C=O) groups excluding carboxylic acids is 1. The van der Waals surface area contributed by atoms with Gasteiger partial charge in [-0.25, -0.2) is 5.48 Å². The zero-order valence-corrected chi connectivity index (χ0v) is 7.96. The van der Waals surface area contributed by atoms with Crippen molar-refractivity contribution < 1.29 is 9.63 Å². The summed E-state index contributed by atoms with van der Waals surface area (Å²) in [4.78, 5) is 15.8. The van der Waals surface area contributed by atoms with Gasteiger partial charge >= 0.3 is 0 Å². The average Bonchev–Trinajstić information content (AvgIpc) is 1.84. The number of carbonyl (C=O) groups is 1. The van der Waals surface area contributed by atoms with Crippen molar-refractivity contribution in [2.75, 3.05) is 6.61 Å². The third-order valence-electron chi connectivity index (χ3n) is 1.11. The van der Waals surface area contributed by atoms with Crippen LogP contribution in [0.1, 0.15) is 27.2 Å². The van der Waals surface area contributed by atoms with Gasteiger partial charge in [0.2, 0.25) is 5.91 Å². The Bertz CT molecular complexity index is 135. The normalized spacial score (nSPS) is 13.1. The molecule has 4 nitrogen and oxygen atoms in total. The van der Waals surface area contributed by atoms with Crippen LogP contribution in [0.25, 0.3) is 0 Å². The zero-order chi connectivity index (χ0) is 9.56. The molecule has 3 N–H and O–H groups in total. The van der Waals surface area contributed by atoms with E-state index < -0.39 is 0 Å². The first-order valence-electron chi connectivity index (χ1n) is 4.18. The molecule has 72 valence electrons. The van der Waals surface area contributed by atoms with Gasteiger partial charge in [0.1, 0.15) is 0 Å². The Kier molecular flexibility index (Phi) is 5.66. The van der Waals surface area contributed by atoms with Crippen LogP contribution in [0.3, 0.4) is 0 Å². The van der Waals surface area contributed by atoms with Gasteiger partial charge in [0, 0.05) is 12.5 Å². The molecule has 1 amide bonds. The fourth-order valence-corrected chi connectivity index (χ4v) is 0.623. The molecule has 0 radical (unpaired) electrons. The van der Waals surface area contributed by atoms with E-state index in [1.54, 1.807) is 6.92 Å². The SMILES string of the molecule is CC(C)CONC(=O)CC(C)N. The van der Waals surface area contributed by atoms with Crippen LogP contribution in [0, 0.1) is 5.92 Å². The van der Waals surface area contributed by atoms with E-state index in [0.29, 0.717) is 18.9 Å². The fraction of sp³-hybridized carbons (Fsp3) is 0.875. The summed E-state index contributed by atoms with van der Waals surface area (Å²) >= 11 is 0. The molecule has 1 atom stereocenters. The van der Waals surface area contributed by atoms with Gasteiger partial charge in [-0.2, -0.15) is 0 Å². The molecule has 0 aliphatic carbocycles. The quantitative estimate of drug-likeness (QED) is 0.594. The highest BCUT2D eigenvalue weighted by molar-refractivity contribution is 5.75. The van der Waals surface area contributed by atoms with Crippen molar-refractivity contribution in [1.29, 1.82) is 0 Å². The lowest BCUT2D eigenvalue weighted by atomic mass is 10.2. The molecule has 12 heavy (non-hydrogen) atoms. The summed E-state index contributed by atoms with van der Waals surface area (Å²) in [7, 11) is 0. The van der Waals surface area contributed by atoms with E-state index in [1.165, 1.54) is 0 Å². The van der Waals surface area contributed by atoms with Gasteiger partial charge in [-0.05, 0) is 12.8 Å². The summed E-state index contributed by atoms with van der Waals surface area (Å²) in [6, 6.07) is -0.118. The molecule has 0 aliphatic heterocycles. The molecule has 0 saturated carbocycles. The maximum atomic E-state index is 10.9. The van der Waals surface area contributed by atoms with Crippen molar-refractivity contribution in [1.82, 2.24) is 5.48 Å². The Hall–Kier alpha value is -0.610. The smallest absolute Gasteiger partial charge is 0.245 e. The van der Waals surface area contributed by atoms with Crippen LogP contribution in [0.2, 0.25) is 0 Å². The number of amides is 1. The topological polar surface area (TPSA) is 64.3 Å². The first-order valence-corrected chi connectivity index (χ1v) is 4.18. The molecular formula is C8H18N2O2. The van der Waals surface area contributed by atoms with Gasteiger partial charge in [0.05, 0.1) is 6.61 Å². The molecule has 0 aromatic heterocycles. The van der Waals surface area contributed by atoms with Crippen molar-refractivity contribution in [3.05, 3.63) is 0 Å². The van der Waals surface area contributed by atoms with Gasteiger partial charge in [0.15, 0.2) is 0 Å². The zero-order valence-electron chi connectivity index (χ0n) is 7.96. The molecule has 0 aromatic carbocycles.